The lowest BCUT2D eigenvalue weighted by atomic mass is 10.1. The summed E-state index contributed by atoms with van der Waals surface area (Å²) >= 11 is 0. The number of nitrogens with zero attached hydrogens (tertiary/aromatic N) is 4. The first-order valence-corrected chi connectivity index (χ1v) is 11.9. The Kier molecular flexibility index (Phi) is 7.75. The maximum Gasteiger partial charge on any atom is 0.225 e. The number of rotatable bonds is 7. The number of hydrogen-bond donors (Lipinski definition) is 2. The second kappa shape index (κ2) is 10.5. The largest absolute Gasteiger partial charge is 0.348 e. The summed E-state index contributed by atoms with van der Waals surface area (Å²) in [6.45, 7) is 1.91. The van der Waals surface area contributed by atoms with Crippen LogP contribution >= 0.6 is 12.4 Å². The lowest BCUT2D eigenvalue weighted by molar-refractivity contribution is 0.602. The van der Waals surface area contributed by atoms with Crippen LogP contribution in [0.5, 0.6) is 0 Å². The van der Waals surface area contributed by atoms with Crippen molar-refractivity contribution in [3.8, 4) is 11.3 Å². The van der Waals surface area contributed by atoms with Crippen LogP contribution in [0.2, 0.25) is 0 Å². The molecule has 0 radical (unpaired) electrons. The lowest BCUT2D eigenvalue weighted by Crippen LogP contribution is -2.11. The average Bonchev–Trinajstić information content (AvgIpc) is 2.79. The summed E-state index contributed by atoms with van der Waals surface area (Å²) in [5, 5.41) is 6.31. The fourth-order valence-electron chi connectivity index (χ4n) is 3.13. The Morgan fingerprint density at radius 2 is 1.74 bits per heavy atom. The SMILES string of the molecule is C[C@H](Nc1nc(Nc2cnccn2)cc(-c2cccc(S(C)(=O)=O)c2)n1)c1ccc(F)cc1.Cl. The number of halogens is 2. The summed E-state index contributed by atoms with van der Waals surface area (Å²) < 4.78 is 37.3. The van der Waals surface area contributed by atoms with Crippen LogP contribution < -0.4 is 10.6 Å². The minimum Gasteiger partial charge on any atom is -0.348 e. The van der Waals surface area contributed by atoms with Gasteiger partial charge in [0, 0.05) is 30.3 Å². The molecule has 0 saturated heterocycles. The van der Waals surface area contributed by atoms with Gasteiger partial charge in [-0.1, -0.05) is 24.3 Å². The molecule has 4 aromatic rings. The topological polar surface area (TPSA) is 110 Å². The zero-order valence-electron chi connectivity index (χ0n) is 18.3. The van der Waals surface area contributed by atoms with Crippen molar-refractivity contribution in [1.82, 2.24) is 19.9 Å². The number of hydrogen-bond acceptors (Lipinski definition) is 8. The van der Waals surface area contributed by atoms with E-state index in [9.17, 15) is 12.8 Å². The second-order valence-corrected chi connectivity index (χ2v) is 9.41. The van der Waals surface area contributed by atoms with Crippen molar-refractivity contribution in [2.75, 3.05) is 16.9 Å². The Bertz CT molecular complexity index is 1370. The zero-order chi connectivity index (χ0) is 23.4. The molecule has 34 heavy (non-hydrogen) atoms. The summed E-state index contributed by atoms with van der Waals surface area (Å²) in [7, 11) is -3.38. The van der Waals surface area contributed by atoms with Crippen LogP contribution in [0.3, 0.4) is 0 Å². The molecule has 0 saturated carbocycles. The lowest BCUT2D eigenvalue weighted by Gasteiger charge is -2.16. The Hall–Kier alpha value is -3.63. The molecule has 2 aromatic heterocycles. The van der Waals surface area contributed by atoms with Crippen LogP contribution in [0.25, 0.3) is 11.3 Å². The highest BCUT2D eigenvalue weighted by atomic mass is 35.5. The second-order valence-electron chi connectivity index (χ2n) is 7.40. The van der Waals surface area contributed by atoms with E-state index in [-0.39, 0.29) is 29.2 Å². The molecule has 0 spiro atoms. The third kappa shape index (κ3) is 6.24. The highest BCUT2D eigenvalue weighted by Crippen LogP contribution is 2.27. The smallest absolute Gasteiger partial charge is 0.225 e. The summed E-state index contributed by atoms with van der Waals surface area (Å²) in [6.07, 6.45) is 5.82. The van der Waals surface area contributed by atoms with Gasteiger partial charge in [-0.3, -0.25) is 4.98 Å². The van der Waals surface area contributed by atoms with E-state index < -0.39 is 9.84 Å². The number of nitrogens with one attached hydrogen (secondary N) is 2. The molecule has 1 atom stereocenters. The first-order chi connectivity index (χ1) is 15.8. The van der Waals surface area contributed by atoms with Gasteiger partial charge < -0.3 is 10.6 Å². The van der Waals surface area contributed by atoms with E-state index in [4.69, 9.17) is 0 Å². The van der Waals surface area contributed by atoms with Crippen molar-refractivity contribution in [3.63, 3.8) is 0 Å². The van der Waals surface area contributed by atoms with Gasteiger partial charge in [0.2, 0.25) is 5.95 Å². The van der Waals surface area contributed by atoms with Crippen molar-refractivity contribution in [3.05, 3.63) is 84.6 Å². The number of sulfone groups is 1. The third-order valence-corrected chi connectivity index (χ3v) is 5.93. The molecule has 2 aromatic carbocycles. The maximum absolute atomic E-state index is 13.3. The van der Waals surface area contributed by atoms with Crippen molar-refractivity contribution in [2.24, 2.45) is 0 Å². The highest BCUT2D eigenvalue weighted by molar-refractivity contribution is 7.90. The van der Waals surface area contributed by atoms with Crippen LogP contribution in [-0.2, 0) is 9.84 Å². The molecule has 0 fully saturated rings. The molecule has 0 unspecified atom stereocenters. The van der Waals surface area contributed by atoms with Gasteiger partial charge >= 0.3 is 0 Å². The predicted octanol–water partition coefficient (Wildman–Crippen LogP) is 4.81. The first kappa shape index (κ1) is 25.0. The molecule has 0 aliphatic heterocycles. The predicted molar refractivity (Wildman–Crippen MR) is 132 cm³/mol. The van der Waals surface area contributed by atoms with Gasteiger partial charge in [-0.2, -0.15) is 4.98 Å². The van der Waals surface area contributed by atoms with Crippen LogP contribution in [0.15, 0.2) is 78.1 Å². The van der Waals surface area contributed by atoms with Crippen molar-refractivity contribution in [1.29, 1.82) is 0 Å². The molecule has 0 aliphatic rings. The van der Waals surface area contributed by atoms with Gasteiger partial charge in [-0.05, 0) is 36.8 Å². The third-order valence-electron chi connectivity index (χ3n) is 4.82. The summed E-state index contributed by atoms with van der Waals surface area (Å²) in [5.41, 5.74) is 1.98. The number of benzene rings is 2. The Morgan fingerprint density at radius 3 is 2.41 bits per heavy atom. The quantitative estimate of drug-likeness (QED) is 0.372. The van der Waals surface area contributed by atoms with Crippen LogP contribution in [0.4, 0.5) is 22.0 Å². The fourth-order valence-corrected chi connectivity index (χ4v) is 3.80. The highest BCUT2D eigenvalue weighted by Gasteiger charge is 2.14. The number of aromatic nitrogens is 4. The summed E-state index contributed by atoms with van der Waals surface area (Å²) in [4.78, 5) is 17.5. The summed E-state index contributed by atoms with van der Waals surface area (Å²) in [6, 6.07) is 14.2. The monoisotopic (exact) mass is 500 g/mol. The molecule has 0 aliphatic carbocycles. The molecule has 0 amide bonds. The molecular formula is C23H22ClFN6O2S. The zero-order valence-corrected chi connectivity index (χ0v) is 19.9. The van der Waals surface area contributed by atoms with E-state index in [2.05, 4.69) is 30.6 Å². The molecule has 0 bridgehead atoms. The molecule has 8 nitrogen and oxygen atoms in total. The van der Waals surface area contributed by atoms with E-state index in [1.54, 1.807) is 55.0 Å². The van der Waals surface area contributed by atoms with Gasteiger partial charge in [0.25, 0.3) is 0 Å². The standard InChI is InChI=1S/C23H21FN6O2S.ClH/c1-15(16-6-8-18(24)9-7-16)27-23-28-20(17-4-3-5-19(12-17)33(2,31)32)13-21(30-23)29-22-14-25-10-11-26-22;/h3-15H,1-2H3,(H2,26,27,28,29,30);1H/t15-;/m0./s1. The normalized spacial score (nSPS) is 11.9. The van der Waals surface area contributed by atoms with Crippen LogP contribution in [0.1, 0.15) is 18.5 Å². The van der Waals surface area contributed by atoms with Crippen molar-refractivity contribution >= 4 is 39.8 Å². The van der Waals surface area contributed by atoms with E-state index in [1.807, 2.05) is 6.92 Å². The molecule has 176 valence electrons. The number of anilines is 3. The Balaban J connectivity index is 0.00000324. The molecule has 11 heteroatoms. The summed E-state index contributed by atoms with van der Waals surface area (Å²) in [5.74, 6) is 0.925. The van der Waals surface area contributed by atoms with Gasteiger partial charge in [-0.25, -0.2) is 22.8 Å². The van der Waals surface area contributed by atoms with Gasteiger partial charge in [0.05, 0.1) is 22.8 Å². The minimum absolute atomic E-state index is 0. The Labute approximate surface area is 203 Å². The van der Waals surface area contributed by atoms with E-state index >= 15 is 0 Å². The van der Waals surface area contributed by atoms with E-state index in [0.29, 0.717) is 28.8 Å². The molecule has 2 heterocycles. The van der Waals surface area contributed by atoms with Crippen LogP contribution in [0, 0.1) is 5.82 Å². The Morgan fingerprint density at radius 1 is 0.971 bits per heavy atom. The minimum atomic E-state index is -3.38. The molecular weight excluding hydrogens is 479 g/mol. The molecule has 2 N–H and O–H groups in total. The first-order valence-electron chi connectivity index (χ1n) is 10.0. The van der Waals surface area contributed by atoms with E-state index in [0.717, 1.165) is 11.8 Å². The van der Waals surface area contributed by atoms with Gasteiger partial charge in [0.1, 0.15) is 17.5 Å². The van der Waals surface area contributed by atoms with Crippen molar-refractivity contribution < 1.29 is 12.8 Å². The van der Waals surface area contributed by atoms with Crippen LogP contribution in [-0.4, -0.2) is 34.6 Å². The molecule has 4 rings (SSSR count). The van der Waals surface area contributed by atoms with E-state index in [1.165, 1.54) is 18.2 Å². The van der Waals surface area contributed by atoms with Gasteiger partial charge in [0.15, 0.2) is 9.84 Å². The van der Waals surface area contributed by atoms with Crippen molar-refractivity contribution in [2.45, 2.75) is 17.9 Å². The maximum atomic E-state index is 13.3. The average molecular weight is 501 g/mol. The fraction of sp³-hybridized carbons (Fsp3) is 0.130. The van der Waals surface area contributed by atoms with Gasteiger partial charge in [-0.15, -0.1) is 12.4 Å².